The Balaban J connectivity index is 1.45. The lowest BCUT2D eigenvalue weighted by Crippen LogP contribution is -2.39. The Morgan fingerprint density at radius 1 is 0.875 bits per heavy atom. The first kappa shape index (κ1) is 28.4. The fourth-order valence-corrected chi connectivity index (χ4v) is 5.24. The number of sulfonamides is 1. The molecule has 0 fully saturated rings. The largest absolute Gasteiger partial charge is 0.490 e. The second-order valence-electron chi connectivity index (χ2n) is 8.87. The van der Waals surface area contributed by atoms with Gasteiger partial charge in [-0.2, -0.15) is 5.10 Å². The van der Waals surface area contributed by atoms with Gasteiger partial charge in [0.1, 0.15) is 13.2 Å². The maximum absolute atomic E-state index is 13.4. The number of ether oxygens (including phenoxy) is 2. The van der Waals surface area contributed by atoms with Gasteiger partial charge in [0.25, 0.3) is 15.9 Å². The molecular weight excluding hydrogens is 526 g/mol. The highest BCUT2D eigenvalue weighted by Crippen LogP contribution is 2.29. The van der Waals surface area contributed by atoms with E-state index >= 15 is 0 Å². The Labute approximate surface area is 234 Å². The maximum atomic E-state index is 13.4. The highest BCUT2D eigenvalue weighted by Gasteiger charge is 2.27. The van der Waals surface area contributed by atoms with Crippen LogP contribution in [0.15, 0.2) is 113 Å². The number of benzene rings is 4. The van der Waals surface area contributed by atoms with Gasteiger partial charge in [-0.3, -0.25) is 9.10 Å². The monoisotopic (exact) mass is 557 g/mol. The first-order valence-corrected chi connectivity index (χ1v) is 14.2. The summed E-state index contributed by atoms with van der Waals surface area (Å²) in [5.41, 5.74) is 5.43. The van der Waals surface area contributed by atoms with Crippen LogP contribution >= 0.6 is 0 Å². The van der Waals surface area contributed by atoms with Gasteiger partial charge >= 0.3 is 0 Å². The van der Waals surface area contributed by atoms with E-state index in [1.807, 2.05) is 44.2 Å². The first-order valence-electron chi connectivity index (χ1n) is 12.8. The minimum Gasteiger partial charge on any atom is -0.490 e. The predicted octanol–water partition coefficient (Wildman–Crippen LogP) is 5.32. The molecule has 1 N–H and O–H groups in total. The zero-order valence-electron chi connectivity index (χ0n) is 22.4. The van der Waals surface area contributed by atoms with E-state index in [1.165, 1.54) is 18.3 Å². The molecule has 4 aromatic rings. The third-order valence-corrected chi connectivity index (χ3v) is 7.64. The molecule has 4 aromatic carbocycles. The normalized spacial score (nSPS) is 11.2. The summed E-state index contributed by atoms with van der Waals surface area (Å²) in [6.45, 7) is 4.15. The van der Waals surface area contributed by atoms with Gasteiger partial charge in [-0.25, -0.2) is 13.8 Å². The molecule has 0 saturated carbocycles. The number of anilines is 1. The van der Waals surface area contributed by atoms with Crippen LogP contribution in [0.4, 0.5) is 5.69 Å². The number of hydrogen-bond acceptors (Lipinski definition) is 6. The van der Waals surface area contributed by atoms with E-state index in [2.05, 4.69) is 10.5 Å². The molecule has 0 aliphatic rings. The molecule has 0 aromatic heterocycles. The van der Waals surface area contributed by atoms with Crippen molar-refractivity contribution in [1.82, 2.24) is 5.43 Å². The van der Waals surface area contributed by atoms with Crippen LogP contribution in [0, 0.1) is 6.92 Å². The van der Waals surface area contributed by atoms with Gasteiger partial charge in [0.15, 0.2) is 11.5 Å². The quantitative estimate of drug-likeness (QED) is 0.188. The average molecular weight is 558 g/mol. The third kappa shape index (κ3) is 7.48. The van der Waals surface area contributed by atoms with E-state index in [9.17, 15) is 13.2 Å². The Kier molecular flexibility index (Phi) is 9.53. The van der Waals surface area contributed by atoms with Crippen LogP contribution < -0.4 is 19.2 Å². The van der Waals surface area contributed by atoms with Crippen molar-refractivity contribution in [2.24, 2.45) is 5.10 Å². The van der Waals surface area contributed by atoms with Crippen molar-refractivity contribution in [2.75, 3.05) is 17.5 Å². The molecule has 0 heterocycles. The lowest BCUT2D eigenvalue weighted by atomic mass is 10.2. The van der Waals surface area contributed by atoms with Crippen LogP contribution in [0.5, 0.6) is 11.5 Å². The third-order valence-electron chi connectivity index (χ3n) is 5.85. The number of hydrogen-bond donors (Lipinski definition) is 1. The van der Waals surface area contributed by atoms with Crippen LogP contribution in [-0.4, -0.2) is 33.7 Å². The summed E-state index contributed by atoms with van der Waals surface area (Å²) >= 11 is 0. The number of nitrogens with zero attached hydrogens (tertiary/aromatic N) is 2. The zero-order chi connectivity index (χ0) is 28.4. The van der Waals surface area contributed by atoms with E-state index in [4.69, 9.17) is 9.47 Å². The summed E-state index contributed by atoms with van der Waals surface area (Å²) < 4.78 is 39.6. The van der Waals surface area contributed by atoms with E-state index in [0.29, 0.717) is 36.0 Å². The summed E-state index contributed by atoms with van der Waals surface area (Å²) in [4.78, 5) is 12.9. The van der Waals surface area contributed by atoms with Crippen LogP contribution in [0.2, 0.25) is 0 Å². The topological polar surface area (TPSA) is 97.3 Å². The number of amides is 1. The van der Waals surface area contributed by atoms with Crippen molar-refractivity contribution >= 4 is 27.8 Å². The van der Waals surface area contributed by atoms with Crippen LogP contribution in [0.1, 0.15) is 23.6 Å². The molecule has 0 radical (unpaired) electrons. The Hall–Kier alpha value is -4.63. The molecule has 206 valence electrons. The summed E-state index contributed by atoms with van der Waals surface area (Å²) in [6.07, 6.45) is 1.46. The van der Waals surface area contributed by atoms with Gasteiger partial charge < -0.3 is 9.47 Å². The minimum absolute atomic E-state index is 0.0938. The van der Waals surface area contributed by atoms with E-state index in [1.54, 1.807) is 60.7 Å². The molecular formula is C31H31N3O5S. The zero-order valence-corrected chi connectivity index (χ0v) is 23.2. The number of carbonyl (C=O) groups excluding carboxylic acids is 1. The van der Waals surface area contributed by atoms with Crippen molar-refractivity contribution in [3.05, 3.63) is 120 Å². The molecule has 9 heteroatoms. The second kappa shape index (κ2) is 13.4. The smallest absolute Gasteiger partial charge is 0.264 e. The molecule has 0 bridgehead atoms. The SMILES string of the molecule is CCOc1cc(/C=N\NC(=O)CN(c2ccccc2)S(=O)(=O)c2ccc(C)cc2)ccc1OCc1ccccc1. The Morgan fingerprint density at radius 2 is 1.55 bits per heavy atom. The number of carbonyl (C=O) groups is 1. The van der Waals surface area contributed by atoms with Crippen molar-refractivity contribution in [3.8, 4) is 11.5 Å². The molecule has 0 saturated heterocycles. The van der Waals surface area contributed by atoms with Gasteiger partial charge in [0, 0.05) is 0 Å². The molecule has 8 nitrogen and oxygen atoms in total. The van der Waals surface area contributed by atoms with E-state index in [0.717, 1.165) is 15.4 Å². The van der Waals surface area contributed by atoms with Crippen LogP contribution in [0.3, 0.4) is 0 Å². The Bertz CT molecular complexity index is 1540. The number of hydrazone groups is 1. The van der Waals surface area contributed by atoms with Gasteiger partial charge in [-0.05, 0) is 67.4 Å². The van der Waals surface area contributed by atoms with E-state index in [-0.39, 0.29) is 4.90 Å². The predicted molar refractivity (Wildman–Crippen MR) is 156 cm³/mol. The highest BCUT2D eigenvalue weighted by molar-refractivity contribution is 7.92. The Morgan fingerprint density at radius 3 is 2.23 bits per heavy atom. The molecule has 0 unspecified atom stereocenters. The first-order chi connectivity index (χ1) is 19.4. The average Bonchev–Trinajstić information content (AvgIpc) is 2.97. The van der Waals surface area contributed by atoms with Gasteiger partial charge in [-0.1, -0.05) is 66.2 Å². The van der Waals surface area contributed by atoms with Crippen molar-refractivity contribution < 1.29 is 22.7 Å². The number of aryl methyl sites for hydroxylation is 1. The van der Waals surface area contributed by atoms with Crippen molar-refractivity contribution in [2.45, 2.75) is 25.3 Å². The standard InChI is InChI=1S/C31H31N3O5S/c1-3-38-30-20-26(16-19-29(30)39-23-25-10-6-4-7-11-25)21-32-33-31(35)22-34(27-12-8-5-9-13-27)40(36,37)28-17-14-24(2)15-18-28/h4-21H,3,22-23H2,1-2H3,(H,33,35)/b32-21-. The fraction of sp³-hybridized carbons (Fsp3) is 0.161. The van der Waals surface area contributed by atoms with E-state index < -0.39 is 22.5 Å². The van der Waals surface area contributed by atoms with Gasteiger partial charge in [-0.15, -0.1) is 0 Å². The van der Waals surface area contributed by atoms with Crippen LogP contribution in [0.25, 0.3) is 0 Å². The van der Waals surface area contributed by atoms with Gasteiger partial charge in [0.2, 0.25) is 0 Å². The molecule has 40 heavy (non-hydrogen) atoms. The lowest BCUT2D eigenvalue weighted by Gasteiger charge is -2.23. The molecule has 1 amide bonds. The molecule has 0 spiro atoms. The fourth-order valence-electron chi connectivity index (χ4n) is 3.82. The maximum Gasteiger partial charge on any atom is 0.264 e. The number of nitrogens with one attached hydrogen (secondary N) is 1. The van der Waals surface area contributed by atoms with Crippen LogP contribution in [-0.2, 0) is 21.4 Å². The summed E-state index contributed by atoms with van der Waals surface area (Å²) in [6, 6.07) is 30.1. The summed E-state index contributed by atoms with van der Waals surface area (Å²) in [5, 5.41) is 4.04. The molecule has 0 atom stereocenters. The number of rotatable bonds is 12. The lowest BCUT2D eigenvalue weighted by molar-refractivity contribution is -0.119. The molecule has 0 aliphatic heterocycles. The van der Waals surface area contributed by atoms with Gasteiger partial charge in [0.05, 0.1) is 23.4 Å². The van der Waals surface area contributed by atoms with Crippen molar-refractivity contribution in [3.63, 3.8) is 0 Å². The molecule has 0 aliphatic carbocycles. The molecule has 4 rings (SSSR count). The highest BCUT2D eigenvalue weighted by atomic mass is 32.2. The second-order valence-corrected chi connectivity index (χ2v) is 10.7. The minimum atomic E-state index is -4.00. The number of para-hydroxylation sites is 1. The summed E-state index contributed by atoms with van der Waals surface area (Å²) in [7, 11) is -4.00. The summed E-state index contributed by atoms with van der Waals surface area (Å²) in [5.74, 6) is 0.545. The van der Waals surface area contributed by atoms with Crippen molar-refractivity contribution in [1.29, 1.82) is 0 Å².